The summed E-state index contributed by atoms with van der Waals surface area (Å²) in [6.07, 6.45) is 0.768. The van der Waals surface area contributed by atoms with E-state index in [2.05, 4.69) is 10.6 Å². The van der Waals surface area contributed by atoms with Crippen molar-refractivity contribution in [3.05, 3.63) is 58.9 Å². The third kappa shape index (κ3) is 4.86. The van der Waals surface area contributed by atoms with Crippen LogP contribution in [-0.2, 0) is 22.6 Å². The van der Waals surface area contributed by atoms with Gasteiger partial charge in [-0.25, -0.2) is 0 Å². The van der Waals surface area contributed by atoms with Crippen LogP contribution in [0.1, 0.15) is 58.4 Å². The van der Waals surface area contributed by atoms with E-state index >= 15 is 0 Å². The van der Waals surface area contributed by atoms with Crippen molar-refractivity contribution in [3.63, 3.8) is 0 Å². The number of amides is 2. The number of nitrogens with zero attached hydrogens (tertiary/aromatic N) is 1. The predicted molar refractivity (Wildman–Crippen MR) is 110 cm³/mol. The Hall–Kier alpha value is -2.64. The van der Waals surface area contributed by atoms with E-state index in [4.69, 9.17) is 9.47 Å². The molecule has 2 N–H and O–H groups in total. The summed E-state index contributed by atoms with van der Waals surface area (Å²) in [6.45, 7) is 5.70. The van der Waals surface area contributed by atoms with Crippen molar-refractivity contribution >= 4 is 11.8 Å². The molecule has 0 aliphatic carbocycles. The van der Waals surface area contributed by atoms with Crippen molar-refractivity contribution in [2.75, 3.05) is 20.3 Å². The average molecular weight is 399 g/mol. The van der Waals surface area contributed by atoms with E-state index in [0.717, 1.165) is 17.7 Å². The van der Waals surface area contributed by atoms with E-state index in [0.29, 0.717) is 37.6 Å². The molecule has 0 spiro atoms. The van der Waals surface area contributed by atoms with E-state index in [9.17, 15) is 9.59 Å². The topological polar surface area (TPSA) is 81.6 Å². The zero-order valence-corrected chi connectivity index (χ0v) is 17.2. The second kappa shape index (κ2) is 9.71. The van der Waals surface area contributed by atoms with Crippen LogP contribution >= 0.6 is 0 Å². The standard InChI is InChI=1S/C22H29N3O4/c1-4-18(16-8-6-5-7-9-16)24-21(26)17-12-19(22(27)23-15(2)13-28-3)25-10-11-29-14-20(17)25/h5-9,12,15,18H,4,10-11,13-14H2,1-3H3,(H,23,27)(H,24,26). The number of methoxy groups -OCH3 is 1. The van der Waals surface area contributed by atoms with Gasteiger partial charge in [0.2, 0.25) is 0 Å². The van der Waals surface area contributed by atoms with Gasteiger partial charge in [0.1, 0.15) is 5.69 Å². The summed E-state index contributed by atoms with van der Waals surface area (Å²) in [5.74, 6) is -0.411. The fourth-order valence-electron chi connectivity index (χ4n) is 3.64. The molecule has 7 heteroatoms. The number of benzene rings is 1. The smallest absolute Gasteiger partial charge is 0.268 e. The van der Waals surface area contributed by atoms with Crippen molar-refractivity contribution in [3.8, 4) is 0 Å². The molecule has 29 heavy (non-hydrogen) atoms. The molecule has 0 bridgehead atoms. The minimum Gasteiger partial charge on any atom is -0.383 e. The normalized spacial score (nSPS) is 15.3. The average Bonchev–Trinajstić information content (AvgIpc) is 3.12. The van der Waals surface area contributed by atoms with Gasteiger partial charge < -0.3 is 24.7 Å². The first-order valence-electron chi connectivity index (χ1n) is 10.0. The van der Waals surface area contributed by atoms with Gasteiger partial charge in [-0.15, -0.1) is 0 Å². The maximum absolute atomic E-state index is 13.1. The molecule has 1 aromatic heterocycles. The maximum atomic E-state index is 13.1. The van der Waals surface area contributed by atoms with E-state index in [1.54, 1.807) is 13.2 Å². The van der Waals surface area contributed by atoms with Gasteiger partial charge in [0.25, 0.3) is 11.8 Å². The van der Waals surface area contributed by atoms with Crippen LogP contribution in [0, 0.1) is 0 Å². The van der Waals surface area contributed by atoms with Crippen LogP contribution in [0.3, 0.4) is 0 Å². The molecule has 1 aliphatic heterocycles. The Bertz CT molecular complexity index is 847. The fraction of sp³-hybridized carbons (Fsp3) is 0.455. The first-order valence-corrected chi connectivity index (χ1v) is 10.0. The Morgan fingerprint density at radius 1 is 1.21 bits per heavy atom. The third-order valence-corrected chi connectivity index (χ3v) is 5.09. The number of nitrogens with one attached hydrogen (secondary N) is 2. The molecule has 0 radical (unpaired) electrons. The van der Waals surface area contributed by atoms with Crippen molar-refractivity contribution in [2.45, 2.75) is 45.5 Å². The van der Waals surface area contributed by atoms with Crippen molar-refractivity contribution in [2.24, 2.45) is 0 Å². The fourth-order valence-corrected chi connectivity index (χ4v) is 3.64. The number of ether oxygens (including phenoxy) is 2. The Morgan fingerprint density at radius 2 is 1.97 bits per heavy atom. The van der Waals surface area contributed by atoms with Gasteiger partial charge in [-0.2, -0.15) is 0 Å². The summed E-state index contributed by atoms with van der Waals surface area (Å²) >= 11 is 0. The molecule has 0 fully saturated rings. The van der Waals surface area contributed by atoms with Gasteiger partial charge >= 0.3 is 0 Å². The summed E-state index contributed by atoms with van der Waals surface area (Å²) in [4.78, 5) is 25.9. The Kier molecular flexibility index (Phi) is 7.06. The zero-order valence-electron chi connectivity index (χ0n) is 17.2. The van der Waals surface area contributed by atoms with Crippen LogP contribution in [-0.4, -0.2) is 42.7 Å². The minimum atomic E-state index is -0.216. The molecule has 1 aromatic carbocycles. The minimum absolute atomic E-state index is 0.0947. The highest BCUT2D eigenvalue weighted by molar-refractivity contribution is 6.01. The highest BCUT2D eigenvalue weighted by Crippen LogP contribution is 2.23. The second-order valence-corrected chi connectivity index (χ2v) is 7.27. The highest BCUT2D eigenvalue weighted by atomic mass is 16.5. The van der Waals surface area contributed by atoms with E-state index in [1.807, 2.05) is 48.7 Å². The monoisotopic (exact) mass is 399 g/mol. The quantitative estimate of drug-likeness (QED) is 0.715. The number of carbonyl (C=O) groups is 2. The summed E-state index contributed by atoms with van der Waals surface area (Å²) in [5.41, 5.74) is 2.76. The highest BCUT2D eigenvalue weighted by Gasteiger charge is 2.27. The molecule has 156 valence electrons. The van der Waals surface area contributed by atoms with Gasteiger partial charge in [0.05, 0.1) is 37.1 Å². The van der Waals surface area contributed by atoms with Crippen LogP contribution in [0.2, 0.25) is 0 Å². The van der Waals surface area contributed by atoms with Gasteiger partial charge in [-0.3, -0.25) is 9.59 Å². The lowest BCUT2D eigenvalue weighted by atomic mass is 10.0. The summed E-state index contributed by atoms with van der Waals surface area (Å²) in [6, 6.07) is 11.3. The number of fused-ring (bicyclic) bond motifs is 1. The SMILES string of the molecule is CCC(NC(=O)c1cc(C(=O)NC(C)COC)n2c1COCC2)c1ccccc1. The van der Waals surface area contributed by atoms with Gasteiger partial charge in [-0.1, -0.05) is 37.3 Å². The van der Waals surface area contributed by atoms with E-state index < -0.39 is 0 Å². The lowest BCUT2D eigenvalue weighted by molar-refractivity contribution is 0.0767. The van der Waals surface area contributed by atoms with E-state index in [-0.39, 0.29) is 23.9 Å². The Morgan fingerprint density at radius 3 is 2.66 bits per heavy atom. The zero-order chi connectivity index (χ0) is 20.8. The summed E-state index contributed by atoms with van der Waals surface area (Å²) in [5, 5.41) is 6.02. The Balaban J connectivity index is 1.84. The molecule has 2 heterocycles. The molecule has 7 nitrogen and oxygen atoms in total. The number of hydrogen-bond acceptors (Lipinski definition) is 4. The lowest BCUT2D eigenvalue weighted by Crippen LogP contribution is -2.37. The van der Waals surface area contributed by atoms with Crippen LogP contribution < -0.4 is 10.6 Å². The number of aromatic nitrogens is 1. The maximum Gasteiger partial charge on any atom is 0.268 e. The van der Waals surface area contributed by atoms with Crippen molar-refractivity contribution < 1.29 is 19.1 Å². The molecular formula is C22H29N3O4. The molecule has 1 aliphatic rings. The molecular weight excluding hydrogens is 370 g/mol. The van der Waals surface area contributed by atoms with Gasteiger partial charge in [0.15, 0.2) is 0 Å². The second-order valence-electron chi connectivity index (χ2n) is 7.27. The lowest BCUT2D eigenvalue weighted by Gasteiger charge is -2.21. The first kappa shape index (κ1) is 21.1. The van der Waals surface area contributed by atoms with Crippen molar-refractivity contribution in [1.82, 2.24) is 15.2 Å². The molecule has 3 rings (SSSR count). The van der Waals surface area contributed by atoms with Gasteiger partial charge in [-0.05, 0) is 25.0 Å². The van der Waals surface area contributed by atoms with Crippen molar-refractivity contribution in [1.29, 1.82) is 0 Å². The predicted octanol–water partition coefficient (Wildman–Crippen LogP) is 2.66. The molecule has 0 saturated heterocycles. The number of hydrogen-bond donors (Lipinski definition) is 2. The van der Waals surface area contributed by atoms with Gasteiger partial charge in [0, 0.05) is 19.7 Å². The first-order chi connectivity index (χ1) is 14.0. The number of rotatable bonds is 8. The molecule has 2 aromatic rings. The molecule has 0 saturated carbocycles. The summed E-state index contributed by atoms with van der Waals surface area (Å²) in [7, 11) is 1.60. The van der Waals surface area contributed by atoms with Crippen LogP contribution in [0.15, 0.2) is 36.4 Å². The third-order valence-electron chi connectivity index (χ3n) is 5.09. The van der Waals surface area contributed by atoms with Crippen LogP contribution in [0.25, 0.3) is 0 Å². The van der Waals surface area contributed by atoms with E-state index in [1.165, 1.54) is 0 Å². The molecule has 2 unspecified atom stereocenters. The van der Waals surface area contributed by atoms with Crippen LogP contribution in [0.5, 0.6) is 0 Å². The summed E-state index contributed by atoms with van der Waals surface area (Å²) < 4.78 is 12.5. The Labute approximate surface area is 171 Å². The molecule has 2 amide bonds. The molecule has 2 atom stereocenters. The number of carbonyl (C=O) groups excluding carboxylic acids is 2. The largest absolute Gasteiger partial charge is 0.383 e. The van der Waals surface area contributed by atoms with Crippen LogP contribution in [0.4, 0.5) is 0 Å².